The van der Waals surface area contributed by atoms with E-state index in [1.165, 1.54) is 0 Å². The van der Waals surface area contributed by atoms with Crippen molar-refractivity contribution in [2.45, 2.75) is 6.92 Å². The normalized spacial score (nSPS) is 13.7. The topological polar surface area (TPSA) is 62.8 Å². The Labute approximate surface area is 187 Å². The van der Waals surface area contributed by atoms with E-state index >= 15 is 0 Å². The molecule has 2 N–H and O–H groups in total. The average Bonchev–Trinajstić information content (AvgIpc) is 2.78. The van der Waals surface area contributed by atoms with E-state index in [2.05, 4.69) is 27.7 Å². The first-order valence-corrected chi connectivity index (χ1v) is 10.6. The molecule has 0 aromatic heterocycles. The molecular formula is C24H25N3O3S. The summed E-state index contributed by atoms with van der Waals surface area (Å²) >= 11 is 5.46. The van der Waals surface area contributed by atoms with E-state index in [1.807, 2.05) is 49.4 Å². The van der Waals surface area contributed by atoms with Crippen molar-refractivity contribution in [3.8, 4) is 5.75 Å². The standard InChI is InChI=1S/C24H25N3O3S/c1-16-7-8-21(27-9-11-30-12-10-27)20(13-16)25-24(31)26-23(28)19-14-17-5-3-4-6-18(17)15-22(19)29-2/h3-8,13-15H,9-12H2,1-2H3,(H2,25,26,28,31). The molecule has 0 spiro atoms. The van der Waals surface area contributed by atoms with Gasteiger partial charge in [-0.3, -0.25) is 10.1 Å². The van der Waals surface area contributed by atoms with Crippen molar-refractivity contribution in [3.05, 3.63) is 65.7 Å². The van der Waals surface area contributed by atoms with Gasteiger partial charge < -0.3 is 19.7 Å². The molecule has 6 nitrogen and oxygen atoms in total. The van der Waals surface area contributed by atoms with Crippen LogP contribution < -0.4 is 20.3 Å². The number of ether oxygens (including phenoxy) is 2. The lowest BCUT2D eigenvalue weighted by Gasteiger charge is -2.31. The van der Waals surface area contributed by atoms with Gasteiger partial charge in [0.2, 0.25) is 0 Å². The fourth-order valence-corrected chi connectivity index (χ4v) is 3.92. The SMILES string of the molecule is COc1cc2ccccc2cc1C(=O)NC(=S)Nc1cc(C)ccc1N1CCOCC1. The van der Waals surface area contributed by atoms with Gasteiger partial charge in [-0.2, -0.15) is 0 Å². The Hall–Kier alpha value is -3.16. The van der Waals surface area contributed by atoms with Crippen LogP contribution in [0.1, 0.15) is 15.9 Å². The predicted octanol–water partition coefficient (Wildman–Crippen LogP) is 4.12. The lowest BCUT2D eigenvalue weighted by atomic mass is 10.1. The first-order chi connectivity index (χ1) is 15.0. The number of morpholine rings is 1. The Morgan fingerprint density at radius 1 is 1.06 bits per heavy atom. The van der Waals surface area contributed by atoms with Crippen molar-refractivity contribution in [2.75, 3.05) is 43.6 Å². The van der Waals surface area contributed by atoms with Gasteiger partial charge in [-0.05, 0) is 59.7 Å². The van der Waals surface area contributed by atoms with E-state index in [-0.39, 0.29) is 11.0 Å². The number of nitrogens with one attached hydrogen (secondary N) is 2. The number of nitrogens with zero attached hydrogens (tertiary/aromatic N) is 1. The number of fused-ring (bicyclic) bond motifs is 1. The number of aryl methyl sites for hydroxylation is 1. The van der Waals surface area contributed by atoms with Gasteiger partial charge in [0.05, 0.1) is 37.3 Å². The molecule has 0 radical (unpaired) electrons. The van der Waals surface area contributed by atoms with Crippen LogP contribution in [0.5, 0.6) is 5.75 Å². The van der Waals surface area contributed by atoms with Gasteiger partial charge in [-0.1, -0.05) is 30.3 Å². The predicted molar refractivity (Wildman–Crippen MR) is 128 cm³/mol. The highest BCUT2D eigenvalue weighted by Gasteiger charge is 2.18. The molecule has 1 amide bonds. The van der Waals surface area contributed by atoms with Crippen molar-refractivity contribution < 1.29 is 14.3 Å². The summed E-state index contributed by atoms with van der Waals surface area (Å²) in [6.45, 7) is 5.03. The second-order valence-electron chi connectivity index (χ2n) is 7.43. The number of methoxy groups -OCH3 is 1. The monoisotopic (exact) mass is 435 g/mol. The van der Waals surface area contributed by atoms with E-state index in [0.717, 1.165) is 40.8 Å². The summed E-state index contributed by atoms with van der Waals surface area (Å²) in [6, 6.07) is 17.7. The quantitative estimate of drug-likeness (QED) is 0.601. The molecule has 0 saturated carbocycles. The van der Waals surface area contributed by atoms with Crippen LogP contribution in [0.3, 0.4) is 0 Å². The van der Waals surface area contributed by atoms with Crippen LogP contribution in [0.25, 0.3) is 10.8 Å². The minimum atomic E-state index is -0.319. The minimum Gasteiger partial charge on any atom is -0.496 e. The minimum absolute atomic E-state index is 0.236. The molecule has 0 aliphatic carbocycles. The summed E-state index contributed by atoms with van der Waals surface area (Å²) in [5.41, 5.74) is 3.43. The molecule has 4 rings (SSSR count). The van der Waals surface area contributed by atoms with Crippen molar-refractivity contribution in [1.82, 2.24) is 5.32 Å². The molecule has 3 aromatic rings. The largest absolute Gasteiger partial charge is 0.496 e. The molecule has 0 bridgehead atoms. The number of amides is 1. The molecule has 31 heavy (non-hydrogen) atoms. The molecule has 0 atom stereocenters. The number of hydrogen-bond acceptors (Lipinski definition) is 5. The summed E-state index contributed by atoms with van der Waals surface area (Å²) in [4.78, 5) is 15.2. The summed E-state index contributed by atoms with van der Waals surface area (Å²) in [7, 11) is 1.55. The van der Waals surface area contributed by atoms with Crippen molar-refractivity contribution in [2.24, 2.45) is 0 Å². The van der Waals surface area contributed by atoms with Gasteiger partial charge in [-0.25, -0.2) is 0 Å². The first-order valence-electron chi connectivity index (χ1n) is 10.2. The van der Waals surface area contributed by atoms with Crippen LogP contribution in [0, 0.1) is 6.92 Å². The van der Waals surface area contributed by atoms with E-state index < -0.39 is 0 Å². The number of thiocarbonyl (C=S) groups is 1. The second-order valence-corrected chi connectivity index (χ2v) is 7.84. The fourth-order valence-electron chi connectivity index (χ4n) is 3.72. The van der Waals surface area contributed by atoms with Gasteiger partial charge in [0, 0.05) is 13.1 Å². The molecule has 1 heterocycles. The van der Waals surface area contributed by atoms with Crippen LogP contribution in [0.4, 0.5) is 11.4 Å². The fraction of sp³-hybridized carbons (Fsp3) is 0.250. The number of benzene rings is 3. The van der Waals surface area contributed by atoms with Crippen LogP contribution in [-0.4, -0.2) is 44.4 Å². The van der Waals surface area contributed by atoms with Gasteiger partial charge in [0.1, 0.15) is 5.75 Å². The third kappa shape index (κ3) is 4.78. The van der Waals surface area contributed by atoms with Crippen LogP contribution in [0.15, 0.2) is 54.6 Å². The Morgan fingerprint density at radius 2 is 1.77 bits per heavy atom. The Bertz CT molecular complexity index is 1130. The van der Waals surface area contributed by atoms with Gasteiger partial charge in [0.25, 0.3) is 5.91 Å². The van der Waals surface area contributed by atoms with Gasteiger partial charge >= 0.3 is 0 Å². The highest BCUT2D eigenvalue weighted by atomic mass is 32.1. The lowest BCUT2D eigenvalue weighted by Crippen LogP contribution is -2.38. The third-order valence-electron chi connectivity index (χ3n) is 5.29. The van der Waals surface area contributed by atoms with E-state index in [0.29, 0.717) is 24.5 Å². The summed E-state index contributed by atoms with van der Waals surface area (Å²) in [6.07, 6.45) is 0. The van der Waals surface area contributed by atoms with Crippen LogP contribution in [0.2, 0.25) is 0 Å². The number of carbonyl (C=O) groups excluding carboxylic acids is 1. The molecular weight excluding hydrogens is 410 g/mol. The molecule has 1 fully saturated rings. The molecule has 3 aromatic carbocycles. The second kappa shape index (κ2) is 9.32. The smallest absolute Gasteiger partial charge is 0.261 e. The average molecular weight is 436 g/mol. The van der Waals surface area contributed by atoms with Crippen molar-refractivity contribution in [1.29, 1.82) is 0 Å². The lowest BCUT2D eigenvalue weighted by molar-refractivity contribution is 0.0975. The molecule has 0 unspecified atom stereocenters. The van der Waals surface area contributed by atoms with E-state index in [9.17, 15) is 4.79 Å². The van der Waals surface area contributed by atoms with Crippen LogP contribution in [-0.2, 0) is 4.74 Å². The molecule has 1 aliphatic heterocycles. The maximum Gasteiger partial charge on any atom is 0.261 e. The Kier molecular flexibility index (Phi) is 6.34. The summed E-state index contributed by atoms with van der Waals surface area (Å²) < 4.78 is 10.9. The van der Waals surface area contributed by atoms with E-state index in [1.54, 1.807) is 7.11 Å². The zero-order valence-corrected chi connectivity index (χ0v) is 18.4. The van der Waals surface area contributed by atoms with E-state index in [4.69, 9.17) is 21.7 Å². The zero-order chi connectivity index (χ0) is 21.8. The molecule has 7 heteroatoms. The molecule has 160 valence electrons. The summed E-state index contributed by atoms with van der Waals surface area (Å²) in [5, 5.41) is 8.19. The summed E-state index contributed by atoms with van der Waals surface area (Å²) in [5.74, 6) is 0.184. The first kappa shape index (κ1) is 21.1. The van der Waals surface area contributed by atoms with Gasteiger partial charge in [0.15, 0.2) is 5.11 Å². The highest BCUT2D eigenvalue weighted by Crippen LogP contribution is 2.29. The number of hydrogen-bond donors (Lipinski definition) is 2. The van der Waals surface area contributed by atoms with Crippen molar-refractivity contribution in [3.63, 3.8) is 0 Å². The zero-order valence-electron chi connectivity index (χ0n) is 17.6. The number of anilines is 2. The van der Waals surface area contributed by atoms with Crippen molar-refractivity contribution >= 4 is 45.4 Å². The number of carbonyl (C=O) groups is 1. The Morgan fingerprint density at radius 3 is 2.48 bits per heavy atom. The molecule has 1 aliphatic rings. The van der Waals surface area contributed by atoms with Gasteiger partial charge in [-0.15, -0.1) is 0 Å². The maximum atomic E-state index is 13.0. The maximum absolute atomic E-state index is 13.0. The van der Waals surface area contributed by atoms with Crippen LogP contribution >= 0.6 is 12.2 Å². The molecule has 1 saturated heterocycles. The number of rotatable bonds is 4. The Balaban J connectivity index is 1.54. The third-order valence-corrected chi connectivity index (χ3v) is 5.50. The highest BCUT2D eigenvalue weighted by molar-refractivity contribution is 7.80.